The Bertz CT molecular complexity index is 802. The predicted molar refractivity (Wildman–Crippen MR) is 75.7 cm³/mol. The quantitative estimate of drug-likeness (QED) is 0.650. The van der Waals surface area contributed by atoms with Gasteiger partial charge in [0.05, 0.1) is 7.11 Å². The van der Waals surface area contributed by atoms with Crippen molar-refractivity contribution in [2.75, 3.05) is 13.4 Å². The summed E-state index contributed by atoms with van der Waals surface area (Å²) in [6.07, 6.45) is 7.99. The number of carbonyl (C=O) groups excluding carboxylic acids is 1. The molecule has 21 heavy (non-hydrogen) atoms. The fraction of sp³-hybridized carbons (Fsp3) is 0.308. The van der Waals surface area contributed by atoms with Crippen LogP contribution < -0.4 is 5.56 Å². The van der Waals surface area contributed by atoms with E-state index in [0.29, 0.717) is 5.57 Å². The summed E-state index contributed by atoms with van der Waals surface area (Å²) in [6, 6.07) is 0. The van der Waals surface area contributed by atoms with Crippen molar-refractivity contribution in [1.29, 1.82) is 0 Å². The van der Waals surface area contributed by atoms with Crippen LogP contribution in [0.2, 0.25) is 0 Å². The van der Waals surface area contributed by atoms with E-state index in [1.54, 1.807) is 6.08 Å². The van der Waals surface area contributed by atoms with Gasteiger partial charge in [0.25, 0.3) is 5.56 Å². The standard InChI is InChI=1S/C13H14N2O5S/c1-20-13(17)9-11(16)14-10(8-6-4-3-5-7-8)15-12(9)21(2,18)19/h4,6-7H,3,5H2,1-2H3,(H,14,15,16). The van der Waals surface area contributed by atoms with Gasteiger partial charge in [-0.2, -0.15) is 0 Å². The average Bonchev–Trinajstić information content (AvgIpc) is 2.45. The monoisotopic (exact) mass is 310 g/mol. The molecule has 0 aromatic carbocycles. The van der Waals surface area contributed by atoms with Crippen molar-refractivity contribution < 1.29 is 17.9 Å². The molecule has 1 aromatic rings. The van der Waals surface area contributed by atoms with E-state index in [2.05, 4.69) is 14.7 Å². The predicted octanol–water partition coefficient (Wildman–Crippen LogP) is 0.693. The van der Waals surface area contributed by atoms with Crippen LogP contribution in [0.5, 0.6) is 0 Å². The highest BCUT2D eigenvalue weighted by molar-refractivity contribution is 7.90. The maximum Gasteiger partial charge on any atom is 0.346 e. The van der Waals surface area contributed by atoms with Crippen LogP contribution in [0, 0.1) is 0 Å². The smallest absolute Gasteiger partial charge is 0.346 e. The van der Waals surface area contributed by atoms with Crippen molar-refractivity contribution in [3.05, 3.63) is 40.0 Å². The van der Waals surface area contributed by atoms with Crippen LogP contribution >= 0.6 is 0 Å². The van der Waals surface area contributed by atoms with Crippen molar-refractivity contribution in [2.45, 2.75) is 17.9 Å². The molecule has 0 fully saturated rings. The van der Waals surface area contributed by atoms with Gasteiger partial charge in [-0.15, -0.1) is 0 Å². The molecule has 8 heteroatoms. The molecule has 1 aliphatic rings. The lowest BCUT2D eigenvalue weighted by molar-refractivity contribution is 0.0593. The second kappa shape index (κ2) is 5.65. The van der Waals surface area contributed by atoms with E-state index in [-0.39, 0.29) is 5.82 Å². The molecule has 0 radical (unpaired) electrons. The van der Waals surface area contributed by atoms with Crippen LogP contribution in [-0.4, -0.2) is 37.7 Å². The fourth-order valence-corrected chi connectivity index (χ4v) is 2.73. The molecule has 1 heterocycles. The van der Waals surface area contributed by atoms with Crippen molar-refractivity contribution in [3.8, 4) is 0 Å². The number of aromatic amines is 1. The summed E-state index contributed by atoms with van der Waals surface area (Å²) in [4.78, 5) is 30.0. The molecule has 0 spiro atoms. The third-order valence-corrected chi connectivity index (χ3v) is 3.89. The number of allylic oxidation sites excluding steroid dienone is 4. The minimum Gasteiger partial charge on any atom is -0.465 e. The molecular weight excluding hydrogens is 296 g/mol. The number of rotatable bonds is 3. The first-order valence-electron chi connectivity index (χ1n) is 6.14. The largest absolute Gasteiger partial charge is 0.465 e. The summed E-state index contributed by atoms with van der Waals surface area (Å²) < 4.78 is 28.0. The molecular formula is C13H14N2O5S. The Morgan fingerprint density at radius 3 is 2.62 bits per heavy atom. The molecule has 0 unspecified atom stereocenters. The summed E-state index contributed by atoms with van der Waals surface area (Å²) in [6.45, 7) is 0. The summed E-state index contributed by atoms with van der Waals surface area (Å²) in [5, 5.41) is -0.576. The zero-order chi connectivity index (χ0) is 15.6. The SMILES string of the molecule is COC(=O)c1c(S(C)(=O)=O)nc(C2=CCCC=C2)[nH]c1=O. The lowest BCUT2D eigenvalue weighted by Crippen LogP contribution is -2.26. The topological polar surface area (TPSA) is 106 Å². The number of nitrogens with one attached hydrogen (secondary N) is 1. The number of sulfone groups is 1. The Hall–Kier alpha value is -2.22. The van der Waals surface area contributed by atoms with Crippen molar-refractivity contribution in [3.63, 3.8) is 0 Å². The van der Waals surface area contributed by atoms with Gasteiger partial charge in [0.2, 0.25) is 0 Å². The van der Waals surface area contributed by atoms with Crippen LogP contribution in [0.15, 0.2) is 28.0 Å². The maximum atomic E-state index is 12.0. The Morgan fingerprint density at radius 2 is 2.10 bits per heavy atom. The first-order valence-corrected chi connectivity index (χ1v) is 8.03. The third-order valence-electron chi connectivity index (χ3n) is 2.90. The van der Waals surface area contributed by atoms with E-state index < -0.39 is 32.0 Å². The lowest BCUT2D eigenvalue weighted by Gasteiger charge is -2.10. The third kappa shape index (κ3) is 3.10. The minimum atomic E-state index is -3.86. The first-order chi connectivity index (χ1) is 9.84. The number of hydrogen-bond donors (Lipinski definition) is 1. The zero-order valence-electron chi connectivity index (χ0n) is 11.5. The Labute approximate surface area is 121 Å². The van der Waals surface area contributed by atoms with Gasteiger partial charge >= 0.3 is 5.97 Å². The first kappa shape index (κ1) is 15.2. The number of aromatic nitrogens is 2. The summed E-state index contributed by atoms with van der Waals surface area (Å²) in [5.41, 5.74) is -0.837. The van der Waals surface area contributed by atoms with E-state index in [1.165, 1.54) is 0 Å². The normalized spacial score (nSPS) is 14.7. The summed E-state index contributed by atoms with van der Waals surface area (Å²) in [7, 11) is -2.79. The lowest BCUT2D eigenvalue weighted by atomic mass is 10.1. The van der Waals surface area contributed by atoms with Crippen molar-refractivity contribution in [2.24, 2.45) is 0 Å². The molecule has 1 N–H and O–H groups in total. The molecule has 7 nitrogen and oxygen atoms in total. The van der Waals surface area contributed by atoms with Crippen LogP contribution in [0.4, 0.5) is 0 Å². The van der Waals surface area contributed by atoms with Gasteiger partial charge < -0.3 is 9.72 Å². The van der Waals surface area contributed by atoms with Crippen molar-refractivity contribution >= 4 is 21.4 Å². The number of hydrogen-bond acceptors (Lipinski definition) is 6. The van der Waals surface area contributed by atoms with Gasteiger partial charge in [0.15, 0.2) is 20.4 Å². The molecule has 0 atom stereocenters. The van der Waals surface area contributed by atoms with E-state index in [0.717, 1.165) is 26.2 Å². The second-order valence-electron chi connectivity index (χ2n) is 4.50. The Morgan fingerprint density at radius 1 is 1.38 bits per heavy atom. The number of methoxy groups -OCH3 is 1. The molecule has 1 aromatic heterocycles. The number of esters is 1. The maximum absolute atomic E-state index is 12.0. The van der Waals surface area contributed by atoms with Crippen LogP contribution in [-0.2, 0) is 14.6 Å². The molecule has 112 valence electrons. The Balaban J connectivity index is 2.72. The molecule has 0 bridgehead atoms. The molecule has 2 rings (SSSR count). The molecule has 1 aliphatic carbocycles. The number of carbonyl (C=O) groups is 1. The van der Waals surface area contributed by atoms with E-state index in [9.17, 15) is 18.0 Å². The minimum absolute atomic E-state index is 0.115. The number of nitrogens with zero attached hydrogens (tertiary/aromatic N) is 1. The van der Waals surface area contributed by atoms with Gasteiger partial charge in [-0.25, -0.2) is 18.2 Å². The summed E-state index contributed by atoms with van der Waals surface area (Å²) >= 11 is 0. The van der Waals surface area contributed by atoms with Gasteiger partial charge in [-0.1, -0.05) is 18.2 Å². The highest BCUT2D eigenvalue weighted by Gasteiger charge is 2.26. The number of H-pyrrole nitrogens is 1. The van der Waals surface area contributed by atoms with Crippen LogP contribution in [0.25, 0.3) is 5.57 Å². The van der Waals surface area contributed by atoms with Crippen LogP contribution in [0.3, 0.4) is 0 Å². The zero-order valence-corrected chi connectivity index (χ0v) is 12.4. The Kier molecular flexibility index (Phi) is 4.08. The molecule has 0 saturated carbocycles. The van der Waals surface area contributed by atoms with Gasteiger partial charge in [-0.05, 0) is 12.8 Å². The molecule has 0 saturated heterocycles. The van der Waals surface area contributed by atoms with Crippen molar-refractivity contribution in [1.82, 2.24) is 9.97 Å². The highest BCUT2D eigenvalue weighted by Crippen LogP contribution is 2.19. The van der Waals surface area contributed by atoms with E-state index >= 15 is 0 Å². The van der Waals surface area contributed by atoms with Crippen LogP contribution in [0.1, 0.15) is 29.0 Å². The molecule has 0 aliphatic heterocycles. The van der Waals surface area contributed by atoms with Gasteiger partial charge in [-0.3, -0.25) is 4.79 Å². The molecule has 0 amide bonds. The fourth-order valence-electron chi connectivity index (χ4n) is 1.93. The highest BCUT2D eigenvalue weighted by atomic mass is 32.2. The van der Waals surface area contributed by atoms with E-state index in [1.807, 2.05) is 12.2 Å². The summed E-state index contributed by atoms with van der Waals surface area (Å²) in [5.74, 6) is -0.923. The van der Waals surface area contributed by atoms with Gasteiger partial charge in [0, 0.05) is 11.8 Å². The van der Waals surface area contributed by atoms with E-state index in [4.69, 9.17) is 0 Å². The average molecular weight is 310 g/mol. The second-order valence-corrected chi connectivity index (χ2v) is 6.43. The number of ether oxygens (including phenoxy) is 1. The van der Waals surface area contributed by atoms with Gasteiger partial charge in [0.1, 0.15) is 5.82 Å².